The van der Waals surface area contributed by atoms with Crippen molar-refractivity contribution in [1.82, 2.24) is 4.68 Å². The summed E-state index contributed by atoms with van der Waals surface area (Å²) < 4.78 is 13.2. The first kappa shape index (κ1) is 18.3. The van der Waals surface area contributed by atoms with E-state index in [1.54, 1.807) is 17.4 Å². The van der Waals surface area contributed by atoms with E-state index >= 15 is 0 Å². The number of hydrogen-bond donors (Lipinski definition) is 0. The van der Waals surface area contributed by atoms with Crippen molar-refractivity contribution in [1.29, 1.82) is 0 Å². The first-order valence-corrected chi connectivity index (χ1v) is 9.97. The Morgan fingerprint density at radius 2 is 1.93 bits per heavy atom. The quantitative estimate of drug-likeness (QED) is 0.480. The molecule has 6 heteroatoms. The number of benzene rings is 2. The zero-order valence-electron chi connectivity index (χ0n) is 15.7. The van der Waals surface area contributed by atoms with Crippen molar-refractivity contribution in [2.24, 2.45) is 10.1 Å². The largest absolute Gasteiger partial charge is 0.486 e. The molecule has 2 aromatic carbocycles. The maximum atomic E-state index is 5.71. The molecule has 0 radical (unpaired) electrons. The third-order valence-electron chi connectivity index (χ3n) is 4.32. The van der Waals surface area contributed by atoms with Gasteiger partial charge in [0.15, 0.2) is 11.5 Å². The van der Waals surface area contributed by atoms with Crippen LogP contribution in [-0.4, -0.2) is 30.1 Å². The van der Waals surface area contributed by atoms with Crippen LogP contribution in [0.3, 0.4) is 0 Å². The molecule has 0 fully saturated rings. The van der Waals surface area contributed by atoms with E-state index < -0.39 is 0 Å². The van der Waals surface area contributed by atoms with Gasteiger partial charge in [0, 0.05) is 16.5 Å². The fourth-order valence-electron chi connectivity index (χ4n) is 2.93. The van der Waals surface area contributed by atoms with Gasteiger partial charge >= 0.3 is 0 Å². The van der Waals surface area contributed by atoms with Crippen molar-refractivity contribution in [3.05, 3.63) is 76.9 Å². The second-order valence-corrected chi connectivity index (χ2v) is 7.09. The highest BCUT2D eigenvalue weighted by molar-refractivity contribution is 7.07. The lowest BCUT2D eigenvalue weighted by Crippen LogP contribution is -2.16. The van der Waals surface area contributed by atoms with Crippen LogP contribution in [0.2, 0.25) is 0 Å². The fourth-order valence-corrected chi connectivity index (χ4v) is 3.77. The van der Waals surface area contributed by atoms with E-state index in [0.29, 0.717) is 19.8 Å². The first-order chi connectivity index (χ1) is 13.8. The molecule has 1 aromatic heterocycles. The molecular formula is C22H21N3O2S. The normalized spacial score (nSPS) is 14.2. The summed E-state index contributed by atoms with van der Waals surface area (Å²) in [5.41, 5.74) is 3.95. The lowest BCUT2D eigenvalue weighted by molar-refractivity contribution is 0.171. The minimum Gasteiger partial charge on any atom is -0.486 e. The van der Waals surface area contributed by atoms with Gasteiger partial charge in [-0.05, 0) is 25.1 Å². The van der Waals surface area contributed by atoms with Crippen LogP contribution in [0, 0.1) is 0 Å². The summed E-state index contributed by atoms with van der Waals surface area (Å²) >= 11 is 1.57. The summed E-state index contributed by atoms with van der Waals surface area (Å²) in [6, 6.07) is 16.1. The van der Waals surface area contributed by atoms with Crippen LogP contribution in [0.1, 0.15) is 12.5 Å². The summed E-state index contributed by atoms with van der Waals surface area (Å²) in [5.74, 6) is 1.53. The van der Waals surface area contributed by atoms with Crippen LogP contribution in [0.25, 0.3) is 11.3 Å². The molecule has 0 amide bonds. The van der Waals surface area contributed by atoms with E-state index in [-0.39, 0.29) is 0 Å². The zero-order valence-corrected chi connectivity index (χ0v) is 16.5. The van der Waals surface area contributed by atoms with Gasteiger partial charge in [-0.2, -0.15) is 5.10 Å². The van der Waals surface area contributed by atoms with Crippen molar-refractivity contribution in [3.63, 3.8) is 0 Å². The van der Waals surface area contributed by atoms with Crippen LogP contribution in [0.4, 0.5) is 0 Å². The van der Waals surface area contributed by atoms with Crippen LogP contribution < -0.4 is 14.3 Å². The summed E-state index contributed by atoms with van der Waals surface area (Å²) in [4.78, 5) is 5.43. The highest BCUT2D eigenvalue weighted by Crippen LogP contribution is 2.31. The van der Waals surface area contributed by atoms with Crippen LogP contribution >= 0.6 is 11.3 Å². The van der Waals surface area contributed by atoms with Crippen molar-refractivity contribution in [2.75, 3.05) is 19.8 Å². The van der Waals surface area contributed by atoms with Crippen molar-refractivity contribution < 1.29 is 9.47 Å². The molecule has 0 spiro atoms. The summed E-state index contributed by atoms with van der Waals surface area (Å²) in [5, 5.41) is 6.97. The van der Waals surface area contributed by atoms with Crippen LogP contribution in [0.5, 0.6) is 11.5 Å². The van der Waals surface area contributed by atoms with E-state index in [0.717, 1.165) is 38.8 Å². The molecule has 2 heterocycles. The molecule has 0 saturated heterocycles. The van der Waals surface area contributed by atoms with Gasteiger partial charge in [-0.15, -0.1) is 17.9 Å². The number of aromatic nitrogens is 1. The first-order valence-electron chi connectivity index (χ1n) is 9.09. The van der Waals surface area contributed by atoms with Crippen molar-refractivity contribution >= 4 is 17.0 Å². The average Bonchev–Trinajstić information content (AvgIpc) is 3.14. The van der Waals surface area contributed by atoms with E-state index in [1.165, 1.54) is 0 Å². The lowest BCUT2D eigenvalue weighted by atomic mass is 10.1. The molecule has 142 valence electrons. The van der Waals surface area contributed by atoms with Gasteiger partial charge in [0.1, 0.15) is 13.2 Å². The molecular weight excluding hydrogens is 370 g/mol. The maximum Gasteiger partial charge on any atom is 0.206 e. The zero-order chi connectivity index (χ0) is 19.3. The molecule has 28 heavy (non-hydrogen) atoms. The van der Waals surface area contributed by atoms with E-state index in [2.05, 4.69) is 29.1 Å². The highest BCUT2D eigenvalue weighted by Gasteiger charge is 2.13. The van der Waals surface area contributed by atoms with Gasteiger partial charge in [-0.3, -0.25) is 4.99 Å². The summed E-state index contributed by atoms with van der Waals surface area (Å²) in [6.07, 6.45) is 1.78. The van der Waals surface area contributed by atoms with Crippen molar-refractivity contribution in [2.45, 2.75) is 6.92 Å². The molecule has 0 saturated carbocycles. The monoisotopic (exact) mass is 391 g/mol. The summed E-state index contributed by atoms with van der Waals surface area (Å²) in [7, 11) is 0. The minimum atomic E-state index is 0.549. The van der Waals surface area contributed by atoms with Gasteiger partial charge in [-0.1, -0.05) is 36.4 Å². The molecule has 0 bridgehead atoms. The predicted molar refractivity (Wildman–Crippen MR) is 113 cm³/mol. The Balaban J connectivity index is 1.79. The van der Waals surface area contributed by atoms with Gasteiger partial charge in [0.2, 0.25) is 4.80 Å². The van der Waals surface area contributed by atoms with Gasteiger partial charge in [0.05, 0.1) is 18.0 Å². The number of fused-ring (bicyclic) bond motifs is 1. The van der Waals surface area contributed by atoms with Gasteiger partial charge in [0.25, 0.3) is 0 Å². The molecule has 4 rings (SSSR count). The number of nitrogens with zero attached hydrogens (tertiary/aromatic N) is 3. The number of ether oxygens (including phenoxy) is 2. The van der Waals surface area contributed by atoms with Crippen LogP contribution in [0.15, 0.2) is 76.7 Å². The van der Waals surface area contributed by atoms with Crippen molar-refractivity contribution in [3.8, 4) is 22.8 Å². The Labute approximate surface area is 167 Å². The molecule has 0 N–H and O–H groups in total. The van der Waals surface area contributed by atoms with E-state index in [4.69, 9.17) is 14.6 Å². The van der Waals surface area contributed by atoms with E-state index in [1.807, 2.05) is 48.0 Å². The van der Waals surface area contributed by atoms with Gasteiger partial charge in [-0.25, -0.2) is 4.68 Å². The summed E-state index contributed by atoms with van der Waals surface area (Å²) in [6.45, 7) is 7.44. The lowest BCUT2D eigenvalue weighted by Gasteiger charge is -2.18. The average molecular weight is 391 g/mol. The standard InChI is InChI=1S/C22H21N3O2S/c1-3-11-23-22-25(19(15-28-22)17-7-5-4-6-8-17)24-16(2)18-9-10-20-21(14-18)27-13-12-26-20/h3-10,14-15H,1,11-13H2,2H3. The third-order valence-corrected chi connectivity index (χ3v) is 5.17. The SMILES string of the molecule is C=CCN=c1scc(-c2ccccc2)n1N=C(C)c1ccc2c(c1)OCCO2. The second-order valence-electron chi connectivity index (χ2n) is 6.25. The Hall–Kier alpha value is -3.12. The molecule has 5 nitrogen and oxygen atoms in total. The Kier molecular flexibility index (Phi) is 5.39. The highest BCUT2D eigenvalue weighted by atomic mass is 32.1. The van der Waals surface area contributed by atoms with Crippen LogP contribution in [-0.2, 0) is 0 Å². The molecule has 1 aliphatic heterocycles. The predicted octanol–water partition coefficient (Wildman–Crippen LogP) is 4.35. The number of thiazole rings is 1. The van der Waals surface area contributed by atoms with E-state index in [9.17, 15) is 0 Å². The Morgan fingerprint density at radius 3 is 2.71 bits per heavy atom. The van der Waals surface area contributed by atoms with Gasteiger partial charge < -0.3 is 9.47 Å². The molecule has 1 aliphatic rings. The minimum absolute atomic E-state index is 0.549. The molecule has 0 atom stereocenters. The topological polar surface area (TPSA) is 48.1 Å². The number of rotatable bonds is 5. The maximum absolute atomic E-state index is 5.71. The molecule has 3 aromatic rings. The fraction of sp³-hybridized carbons (Fsp3) is 0.182. The third kappa shape index (κ3) is 3.77. The molecule has 0 unspecified atom stereocenters. The Morgan fingerprint density at radius 1 is 1.14 bits per heavy atom. The number of hydrogen-bond acceptors (Lipinski definition) is 5. The second kappa shape index (κ2) is 8.27. The Bertz CT molecular complexity index is 1080. The molecule has 0 aliphatic carbocycles. The smallest absolute Gasteiger partial charge is 0.206 e.